The second-order valence-electron chi connectivity index (χ2n) is 7.70. The van der Waals surface area contributed by atoms with E-state index in [-0.39, 0.29) is 17.0 Å². The normalized spacial score (nSPS) is 21.0. The summed E-state index contributed by atoms with van der Waals surface area (Å²) >= 11 is 0. The molecule has 1 N–H and O–H groups in total. The van der Waals surface area contributed by atoms with Crippen molar-refractivity contribution in [2.24, 2.45) is 5.41 Å². The molecule has 1 aliphatic heterocycles. The smallest absolute Gasteiger partial charge is 0.148 e. The third kappa shape index (κ3) is 4.74. The summed E-state index contributed by atoms with van der Waals surface area (Å²) < 4.78 is 0. The molecule has 0 atom stereocenters. The largest absolute Gasteiger partial charge is 0.317 e. The summed E-state index contributed by atoms with van der Waals surface area (Å²) in [5.41, 5.74) is 2.92. The van der Waals surface area contributed by atoms with Crippen molar-refractivity contribution in [3.63, 3.8) is 0 Å². The van der Waals surface area contributed by atoms with Crippen molar-refractivity contribution in [3.05, 3.63) is 34.9 Å². The van der Waals surface area contributed by atoms with E-state index in [2.05, 4.69) is 5.32 Å². The van der Waals surface area contributed by atoms with Gasteiger partial charge in [0, 0.05) is 12.8 Å². The maximum atomic E-state index is 12.2. The Morgan fingerprint density at radius 2 is 1.57 bits per heavy atom. The molecule has 1 heterocycles. The van der Waals surface area contributed by atoms with E-state index >= 15 is 0 Å². The van der Waals surface area contributed by atoms with Crippen molar-refractivity contribution in [1.82, 2.24) is 5.32 Å². The van der Waals surface area contributed by atoms with Crippen LogP contribution in [0.15, 0.2) is 18.2 Å². The van der Waals surface area contributed by atoms with Gasteiger partial charge in [0.1, 0.15) is 17.5 Å². The van der Waals surface area contributed by atoms with Gasteiger partial charge < -0.3 is 5.32 Å². The van der Waals surface area contributed by atoms with Gasteiger partial charge in [0.15, 0.2) is 0 Å². The molecule has 2 fully saturated rings. The van der Waals surface area contributed by atoms with E-state index < -0.39 is 5.92 Å². The third-order valence-electron chi connectivity index (χ3n) is 4.64. The lowest BCUT2D eigenvalue weighted by Gasteiger charge is -2.32. The van der Waals surface area contributed by atoms with Gasteiger partial charge in [0.05, 0.1) is 0 Å². The molecule has 0 unspecified atom stereocenters. The van der Waals surface area contributed by atoms with Crippen LogP contribution in [-0.4, -0.2) is 24.7 Å². The Labute approximate surface area is 139 Å². The van der Waals surface area contributed by atoms with Crippen molar-refractivity contribution in [2.45, 2.75) is 59.3 Å². The van der Waals surface area contributed by atoms with E-state index in [1.54, 1.807) is 0 Å². The van der Waals surface area contributed by atoms with Crippen molar-refractivity contribution < 1.29 is 9.59 Å². The molecule has 0 radical (unpaired) electrons. The average molecular weight is 315 g/mol. The summed E-state index contributed by atoms with van der Waals surface area (Å²) in [5.74, 6) is -0.384. The summed E-state index contributed by atoms with van der Waals surface area (Å²) in [6, 6.07) is 5.95. The molecule has 0 spiro atoms. The number of hydrogen-bond donors (Lipinski definition) is 1. The average Bonchev–Trinajstić information content (AvgIpc) is 2.98. The topological polar surface area (TPSA) is 46.2 Å². The number of carbonyl (C=O) groups excluding carboxylic acids is 2. The summed E-state index contributed by atoms with van der Waals surface area (Å²) in [6.45, 7) is 10.5. The van der Waals surface area contributed by atoms with E-state index in [0.717, 1.165) is 16.7 Å². The highest BCUT2D eigenvalue weighted by Crippen LogP contribution is 2.38. The van der Waals surface area contributed by atoms with Gasteiger partial charge in [0.25, 0.3) is 0 Å². The highest BCUT2D eigenvalue weighted by molar-refractivity contribution is 6.10. The molecule has 3 nitrogen and oxygen atoms in total. The van der Waals surface area contributed by atoms with Gasteiger partial charge in [-0.05, 0) is 56.3 Å². The second kappa shape index (κ2) is 7.39. The molecule has 23 heavy (non-hydrogen) atoms. The van der Waals surface area contributed by atoms with Crippen LogP contribution in [0, 0.1) is 19.3 Å². The van der Waals surface area contributed by atoms with Crippen LogP contribution >= 0.6 is 0 Å². The van der Waals surface area contributed by atoms with E-state index in [0.29, 0.717) is 12.8 Å². The van der Waals surface area contributed by atoms with Crippen molar-refractivity contribution in [3.8, 4) is 0 Å². The number of ketones is 2. The molecule has 1 aliphatic carbocycles. The summed E-state index contributed by atoms with van der Waals surface area (Å²) in [7, 11) is 0. The molecule has 1 saturated carbocycles. The SMILES string of the molecule is C1CCNC1.Cc1ccc(C2C(=O)CC(C)(C)CC2=O)c(C)c1. The first-order valence-corrected chi connectivity index (χ1v) is 8.63. The Bertz CT molecular complexity index is 558. The fourth-order valence-electron chi connectivity index (χ4n) is 3.51. The van der Waals surface area contributed by atoms with E-state index in [1.807, 2.05) is 45.9 Å². The molecule has 3 rings (SSSR count). The molecule has 3 heteroatoms. The first-order valence-electron chi connectivity index (χ1n) is 8.63. The van der Waals surface area contributed by atoms with Gasteiger partial charge in [-0.3, -0.25) is 9.59 Å². The minimum Gasteiger partial charge on any atom is -0.317 e. The van der Waals surface area contributed by atoms with Crippen molar-refractivity contribution in [1.29, 1.82) is 0 Å². The molecule has 2 aliphatic rings. The molecule has 1 aromatic carbocycles. The van der Waals surface area contributed by atoms with Gasteiger partial charge in [-0.1, -0.05) is 37.6 Å². The lowest BCUT2D eigenvalue weighted by molar-refractivity contribution is -0.135. The quantitative estimate of drug-likeness (QED) is 0.804. The fraction of sp³-hybridized carbons (Fsp3) is 0.600. The Morgan fingerprint density at radius 3 is 2.00 bits per heavy atom. The van der Waals surface area contributed by atoms with Gasteiger partial charge in [0.2, 0.25) is 0 Å². The molecular formula is C20H29NO2. The predicted molar refractivity (Wildman–Crippen MR) is 93.8 cm³/mol. The van der Waals surface area contributed by atoms with E-state index in [4.69, 9.17) is 0 Å². The standard InChI is InChI=1S/C16H20O2.C4H9N/c1-10-5-6-12(11(2)7-10)15-13(17)8-16(3,4)9-14(15)18;1-2-4-5-3-1/h5-7,15H,8-9H2,1-4H3;5H,1-4H2. The monoisotopic (exact) mass is 315 g/mol. The minimum atomic E-state index is -0.529. The molecule has 0 bridgehead atoms. The van der Waals surface area contributed by atoms with Gasteiger partial charge in [-0.25, -0.2) is 0 Å². The molecule has 126 valence electrons. The number of aryl methyl sites for hydroxylation is 2. The van der Waals surface area contributed by atoms with Gasteiger partial charge in [-0.2, -0.15) is 0 Å². The van der Waals surface area contributed by atoms with E-state index in [9.17, 15) is 9.59 Å². The number of nitrogens with one attached hydrogen (secondary N) is 1. The fourth-order valence-corrected chi connectivity index (χ4v) is 3.51. The van der Waals surface area contributed by atoms with Crippen LogP contribution in [0.3, 0.4) is 0 Å². The van der Waals surface area contributed by atoms with Crippen LogP contribution in [0.2, 0.25) is 0 Å². The zero-order valence-corrected chi connectivity index (χ0v) is 14.9. The number of carbonyl (C=O) groups is 2. The second-order valence-corrected chi connectivity index (χ2v) is 7.70. The van der Waals surface area contributed by atoms with Crippen LogP contribution < -0.4 is 5.32 Å². The first kappa shape index (κ1) is 17.9. The highest BCUT2D eigenvalue weighted by atomic mass is 16.2. The lowest BCUT2D eigenvalue weighted by atomic mass is 9.69. The maximum absolute atomic E-state index is 12.2. The molecular weight excluding hydrogens is 286 g/mol. The summed E-state index contributed by atoms with van der Waals surface area (Å²) in [6.07, 6.45) is 3.77. The third-order valence-corrected chi connectivity index (χ3v) is 4.64. The number of rotatable bonds is 1. The summed E-state index contributed by atoms with van der Waals surface area (Å²) in [5, 5.41) is 3.22. The number of hydrogen-bond acceptors (Lipinski definition) is 3. The minimum absolute atomic E-state index is 0.0724. The molecule has 1 saturated heterocycles. The van der Waals surface area contributed by atoms with Gasteiger partial charge >= 0.3 is 0 Å². The zero-order chi connectivity index (χ0) is 17.0. The summed E-state index contributed by atoms with van der Waals surface area (Å²) in [4.78, 5) is 24.5. The Morgan fingerprint density at radius 1 is 1.00 bits per heavy atom. The van der Waals surface area contributed by atoms with Crippen LogP contribution in [0.5, 0.6) is 0 Å². The molecule has 0 aromatic heterocycles. The zero-order valence-electron chi connectivity index (χ0n) is 14.9. The Hall–Kier alpha value is -1.48. The van der Waals surface area contributed by atoms with Gasteiger partial charge in [-0.15, -0.1) is 0 Å². The van der Waals surface area contributed by atoms with Crippen molar-refractivity contribution in [2.75, 3.05) is 13.1 Å². The van der Waals surface area contributed by atoms with Crippen LogP contribution in [-0.2, 0) is 9.59 Å². The predicted octanol–water partition coefficient (Wildman–Crippen LogP) is 3.72. The first-order chi connectivity index (χ1) is 10.8. The van der Waals surface area contributed by atoms with Crippen LogP contribution in [0.25, 0.3) is 0 Å². The number of benzene rings is 1. The van der Waals surface area contributed by atoms with Crippen LogP contribution in [0.1, 0.15) is 62.1 Å². The lowest BCUT2D eigenvalue weighted by Crippen LogP contribution is -2.36. The highest BCUT2D eigenvalue weighted by Gasteiger charge is 2.40. The Kier molecular flexibility index (Phi) is 5.74. The molecule has 0 amide bonds. The number of Topliss-reactive ketones (excluding diaryl/α,β-unsaturated/α-hetero) is 2. The van der Waals surface area contributed by atoms with Crippen LogP contribution in [0.4, 0.5) is 0 Å². The van der Waals surface area contributed by atoms with Crippen molar-refractivity contribution >= 4 is 11.6 Å². The maximum Gasteiger partial charge on any atom is 0.148 e. The molecule has 1 aromatic rings. The Balaban J connectivity index is 0.000000326. The van der Waals surface area contributed by atoms with E-state index in [1.165, 1.54) is 25.9 Å².